The fourth-order valence-corrected chi connectivity index (χ4v) is 3.27. The van der Waals surface area contributed by atoms with Crippen LogP contribution < -0.4 is 5.32 Å². The topological polar surface area (TPSA) is 24.5 Å². The smallest absolute Gasteiger partial charge is 0.0615 e. The zero-order chi connectivity index (χ0) is 14.7. The third-order valence-corrected chi connectivity index (χ3v) is 4.88. The Balaban J connectivity index is 2.92. The molecule has 1 aliphatic rings. The predicted molar refractivity (Wildman–Crippen MR) is 82.6 cm³/mol. The van der Waals surface area contributed by atoms with Crippen molar-refractivity contribution in [3.8, 4) is 0 Å². The highest BCUT2D eigenvalue weighted by molar-refractivity contribution is 5.01. The Labute approximate surface area is 120 Å². The summed E-state index contributed by atoms with van der Waals surface area (Å²) in [5.41, 5.74) is 0.576. The van der Waals surface area contributed by atoms with Gasteiger partial charge in [-0.25, -0.2) is 0 Å². The first-order chi connectivity index (χ1) is 8.79. The SMILES string of the molecule is CCC1(CC)CN(C(C)COC)C(C(C)(C)C)CN1. The van der Waals surface area contributed by atoms with Crippen LogP contribution in [0.5, 0.6) is 0 Å². The highest BCUT2D eigenvalue weighted by Crippen LogP contribution is 2.32. The average Bonchev–Trinajstić information content (AvgIpc) is 2.37. The summed E-state index contributed by atoms with van der Waals surface area (Å²) in [6.45, 7) is 17.0. The van der Waals surface area contributed by atoms with Crippen LogP contribution in [0.25, 0.3) is 0 Å². The molecular weight excluding hydrogens is 236 g/mol. The van der Waals surface area contributed by atoms with E-state index in [-0.39, 0.29) is 5.54 Å². The van der Waals surface area contributed by atoms with Gasteiger partial charge in [0.15, 0.2) is 0 Å². The molecule has 0 aromatic carbocycles. The Kier molecular flexibility index (Phi) is 5.84. The van der Waals surface area contributed by atoms with E-state index in [9.17, 15) is 0 Å². The van der Waals surface area contributed by atoms with Gasteiger partial charge in [-0.15, -0.1) is 0 Å². The molecule has 0 saturated carbocycles. The van der Waals surface area contributed by atoms with Gasteiger partial charge in [-0.3, -0.25) is 4.90 Å². The maximum Gasteiger partial charge on any atom is 0.0615 e. The maximum absolute atomic E-state index is 5.39. The molecule has 0 aromatic heterocycles. The minimum absolute atomic E-state index is 0.281. The fourth-order valence-electron chi connectivity index (χ4n) is 3.27. The second-order valence-corrected chi connectivity index (χ2v) is 7.23. The Morgan fingerprint density at radius 1 is 1.32 bits per heavy atom. The molecule has 1 N–H and O–H groups in total. The molecule has 1 fully saturated rings. The minimum atomic E-state index is 0.281. The van der Waals surface area contributed by atoms with Crippen molar-refractivity contribution in [3.05, 3.63) is 0 Å². The summed E-state index contributed by atoms with van der Waals surface area (Å²) < 4.78 is 5.39. The molecule has 114 valence electrons. The zero-order valence-electron chi connectivity index (χ0n) is 14.0. The summed E-state index contributed by atoms with van der Waals surface area (Å²) in [5, 5.41) is 3.83. The summed E-state index contributed by atoms with van der Waals surface area (Å²) in [6.07, 6.45) is 2.38. The van der Waals surface area contributed by atoms with Gasteiger partial charge >= 0.3 is 0 Å². The highest BCUT2D eigenvalue weighted by atomic mass is 16.5. The van der Waals surface area contributed by atoms with E-state index >= 15 is 0 Å². The fraction of sp³-hybridized carbons (Fsp3) is 1.00. The van der Waals surface area contributed by atoms with Crippen LogP contribution in [0, 0.1) is 5.41 Å². The molecule has 2 unspecified atom stereocenters. The molecule has 0 radical (unpaired) electrons. The van der Waals surface area contributed by atoms with Crippen molar-refractivity contribution >= 4 is 0 Å². The lowest BCUT2D eigenvalue weighted by atomic mass is 9.79. The van der Waals surface area contributed by atoms with E-state index in [0.717, 1.165) is 19.7 Å². The number of rotatable bonds is 5. The number of nitrogens with zero attached hydrogens (tertiary/aromatic N) is 1. The molecule has 19 heavy (non-hydrogen) atoms. The first-order valence-electron chi connectivity index (χ1n) is 7.79. The van der Waals surface area contributed by atoms with Crippen LogP contribution in [0.2, 0.25) is 0 Å². The Hall–Kier alpha value is -0.120. The summed E-state index contributed by atoms with van der Waals surface area (Å²) >= 11 is 0. The van der Waals surface area contributed by atoms with Crippen LogP contribution in [0.3, 0.4) is 0 Å². The molecule has 3 heteroatoms. The Morgan fingerprint density at radius 3 is 2.32 bits per heavy atom. The molecule has 1 aliphatic heterocycles. The predicted octanol–water partition coefficient (Wildman–Crippen LogP) is 2.90. The van der Waals surface area contributed by atoms with Crippen molar-refractivity contribution in [2.75, 3.05) is 26.8 Å². The first-order valence-corrected chi connectivity index (χ1v) is 7.79. The van der Waals surface area contributed by atoms with E-state index in [1.165, 1.54) is 12.8 Å². The summed E-state index contributed by atoms with van der Waals surface area (Å²) in [5.74, 6) is 0. The van der Waals surface area contributed by atoms with Gasteiger partial charge in [0.2, 0.25) is 0 Å². The van der Waals surface area contributed by atoms with Crippen molar-refractivity contribution < 1.29 is 4.74 Å². The first kappa shape index (κ1) is 16.9. The molecular formula is C16H34N2O. The van der Waals surface area contributed by atoms with Gasteiger partial charge < -0.3 is 10.1 Å². The van der Waals surface area contributed by atoms with Crippen molar-refractivity contribution in [1.29, 1.82) is 0 Å². The number of nitrogens with one attached hydrogen (secondary N) is 1. The van der Waals surface area contributed by atoms with Gasteiger partial charge in [0, 0.05) is 37.8 Å². The van der Waals surface area contributed by atoms with Crippen LogP contribution in [0.15, 0.2) is 0 Å². The van der Waals surface area contributed by atoms with E-state index in [2.05, 4.69) is 51.8 Å². The lowest BCUT2D eigenvalue weighted by Crippen LogP contribution is -2.68. The number of ether oxygens (including phenoxy) is 1. The van der Waals surface area contributed by atoms with Crippen LogP contribution in [0.1, 0.15) is 54.4 Å². The lowest BCUT2D eigenvalue weighted by Gasteiger charge is -2.53. The summed E-state index contributed by atoms with van der Waals surface area (Å²) in [7, 11) is 1.80. The van der Waals surface area contributed by atoms with Gasteiger partial charge in [-0.05, 0) is 25.2 Å². The van der Waals surface area contributed by atoms with Crippen molar-refractivity contribution in [1.82, 2.24) is 10.2 Å². The second kappa shape index (κ2) is 6.55. The van der Waals surface area contributed by atoms with Gasteiger partial charge in [0.25, 0.3) is 0 Å². The second-order valence-electron chi connectivity index (χ2n) is 7.23. The maximum atomic E-state index is 5.39. The van der Waals surface area contributed by atoms with E-state index in [0.29, 0.717) is 17.5 Å². The largest absolute Gasteiger partial charge is 0.383 e. The van der Waals surface area contributed by atoms with Crippen LogP contribution in [-0.4, -0.2) is 49.3 Å². The standard InChI is InChI=1S/C16H34N2O/c1-8-16(9-2)12-18(13(3)11-19-7)14(10-17-16)15(4,5)6/h13-14,17H,8-12H2,1-7H3. The van der Waals surface area contributed by atoms with E-state index in [4.69, 9.17) is 4.74 Å². The quantitative estimate of drug-likeness (QED) is 0.831. The number of hydrogen-bond acceptors (Lipinski definition) is 3. The van der Waals surface area contributed by atoms with Crippen molar-refractivity contribution in [3.63, 3.8) is 0 Å². The normalized spacial score (nSPS) is 26.4. The van der Waals surface area contributed by atoms with Crippen LogP contribution in [-0.2, 0) is 4.74 Å². The molecule has 0 aromatic rings. The third-order valence-electron chi connectivity index (χ3n) is 4.88. The summed E-state index contributed by atoms with van der Waals surface area (Å²) in [6, 6.07) is 1.05. The molecule has 0 aliphatic carbocycles. The van der Waals surface area contributed by atoms with Crippen LogP contribution in [0.4, 0.5) is 0 Å². The number of methoxy groups -OCH3 is 1. The van der Waals surface area contributed by atoms with Crippen molar-refractivity contribution in [2.24, 2.45) is 5.41 Å². The molecule has 0 bridgehead atoms. The average molecular weight is 270 g/mol. The van der Waals surface area contributed by atoms with Gasteiger partial charge in [0.05, 0.1) is 6.61 Å². The summed E-state index contributed by atoms with van der Waals surface area (Å²) in [4.78, 5) is 2.67. The zero-order valence-corrected chi connectivity index (χ0v) is 14.0. The Bertz CT molecular complexity index is 268. The molecule has 1 saturated heterocycles. The monoisotopic (exact) mass is 270 g/mol. The van der Waals surface area contributed by atoms with Gasteiger partial charge in [0.1, 0.15) is 0 Å². The highest BCUT2D eigenvalue weighted by Gasteiger charge is 2.42. The van der Waals surface area contributed by atoms with E-state index in [1.54, 1.807) is 7.11 Å². The molecule has 1 heterocycles. The molecule has 1 rings (SSSR count). The number of hydrogen-bond donors (Lipinski definition) is 1. The van der Waals surface area contributed by atoms with E-state index in [1.807, 2.05) is 0 Å². The van der Waals surface area contributed by atoms with E-state index < -0.39 is 0 Å². The Morgan fingerprint density at radius 2 is 1.89 bits per heavy atom. The molecule has 3 nitrogen and oxygen atoms in total. The number of piperazine rings is 1. The molecule has 0 amide bonds. The van der Waals surface area contributed by atoms with Gasteiger partial charge in [-0.2, -0.15) is 0 Å². The molecule has 0 spiro atoms. The van der Waals surface area contributed by atoms with Crippen molar-refractivity contribution in [2.45, 2.75) is 72.0 Å². The minimum Gasteiger partial charge on any atom is -0.383 e. The van der Waals surface area contributed by atoms with Crippen LogP contribution >= 0.6 is 0 Å². The third kappa shape index (κ3) is 3.93. The van der Waals surface area contributed by atoms with Gasteiger partial charge in [-0.1, -0.05) is 34.6 Å². The molecule has 2 atom stereocenters. The lowest BCUT2D eigenvalue weighted by molar-refractivity contribution is -0.0266.